The quantitative estimate of drug-likeness (QED) is 0.794. The maximum atomic E-state index is 6.68. The van der Waals surface area contributed by atoms with Gasteiger partial charge in [-0.15, -0.1) is 0 Å². The van der Waals surface area contributed by atoms with Crippen molar-refractivity contribution in [1.29, 1.82) is 0 Å². The van der Waals surface area contributed by atoms with Gasteiger partial charge in [0.2, 0.25) is 0 Å². The standard InChI is InChI=1S/C18H26N2/c19-18-16-9-2-1-5-13(16)6-4-10-17(18)20-11-14-7-3-8-15(14)12-20/h1-2,5,9,14-15,17-18H,3-4,6-8,10-12,19H2. The van der Waals surface area contributed by atoms with Crippen LogP contribution in [-0.4, -0.2) is 24.0 Å². The molecule has 1 heterocycles. The molecule has 4 rings (SSSR count). The lowest BCUT2D eigenvalue weighted by molar-refractivity contribution is 0.186. The Balaban J connectivity index is 1.57. The number of likely N-dealkylation sites (tertiary alicyclic amines) is 1. The van der Waals surface area contributed by atoms with Gasteiger partial charge >= 0.3 is 0 Å². The minimum Gasteiger partial charge on any atom is -0.323 e. The lowest BCUT2D eigenvalue weighted by Crippen LogP contribution is -2.41. The lowest BCUT2D eigenvalue weighted by Gasteiger charge is -2.32. The maximum Gasteiger partial charge on any atom is 0.0455 e. The Morgan fingerprint density at radius 3 is 2.50 bits per heavy atom. The third-order valence-corrected chi connectivity index (χ3v) is 6.00. The van der Waals surface area contributed by atoms with Gasteiger partial charge < -0.3 is 5.73 Å². The molecule has 0 bridgehead atoms. The monoisotopic (exact) mass is 270 g/mol. The van der Waals surface area contributed by atoms with Crippen molar-refractivity contribution in [2.75, 3.05) is 13.1 Å². The van der Waals surface area contributed by atoms with Gasteiger partial charge in [-0.05, 0) is 55.1 Å². The summed E-state index contributed by atoms with van der Waals surface area (Å²) < 4.78 is 0. The molecule has 0 spiro atoms. The van der Waals surface area contributed by atoms with E-state index in [1.54, 1.807) is 0 Å². The van der Waals surface area contributed by atoms with Crippen molar-refractivity contribution in [1.82, 2.24) is 4.90 Å². The summed E-state index contributed by atoms with van der Waals surface area (Å²) in [5.41, 5.74) is 9.58. The van der Waals surface area contributed by atoms with Crippen LogP contribution in [0, 0.1) is 11.8 Å². The minimum atomic E-state index is 0.215. The molecule has 2 heteroatoms. The van der Waals surface area contributed by atoms with Crippen LogP contribution in [0.25, 0.3) is 0 Å². The van der Waals surface area contributed by atoms with Crippen molar-refractivity contribution in [2.45, 2.75) is 50.6 Å². The predicted octanol–water partition coefficient (Wildman–Crippen LogP) is 3.12. The Labute approximate surface area is 122 Å². The second kappa shape index (κ2) is 5.16. The highest BCUT2D eigenvalue weighted by Crippen LogP contribution is 2.41. The molecule has 3 aliphatic rings. The highest BCUT2D eigenvalue weighted by molar-refractivity contribution is 5.32. The molecular weight excluding hydrogens is 244 g/mol. The van der Waals surface area contributed by atoms with Gasteiger partial charge in [0.1, 0.15) is 0 Å². The second-order valence-electron chi connectivity index (χ2n) is 7.09. The van der Waals surface area contributed by atoms with E-state index in [1.807, 2.05) is 0 Å². The molecule has 1 aromatic rings. The van der Waals surface area contributed by atoms with Crippen LogP contribution >= 0.6 is 0 Å². The fourth-order valence-electron chi connectivity index (χ4n) is 4.93. The van der Waals surface area contributed by atoms with Crippen LogP contribution in [0.4, 0.5) is 0 Å². The number of nitrogens with two attached hydrogens (primary N) is 1. The van der Waals surface area contributed by atoms with E-state index in [-0.39, 0.29) is 6.04 Å². The fraction of sp³-hybridized carbons (Fsp3) is 0.667. The molecule has 2 fully saturated rings. The molecule has 108 valence electrons. The van der Waals surface area contributed by atoms with E-state index < -0.39 is 0 Å². The highest BCUT2D eigenvalue weighted by atomic mass is 15.2. The fourth-order valence-corrected chi connectivity index (χ4v) is 4.93. The summed E-state index contributed by atoms with van der Waals surface area (Å²) in [5, 5.41) is 0. The summed E-state index contributed by atoms with van der Waals surface area (Å²) in [5.74, 6) is 1.95. The molecule has 1 aromatic carbocycles. The zero-order valence-electron chi connectivity index (χ0n) is 12.3. The Kier molecular flexibility index (Phi) is 3.31. The van der Waals surface area contributed by atoms with Crippen molar-refractivity contribution < 1.29 is 0 Å². The van der Waals surface area contributed by atoms with Gasteiger partial charge in [-0.2, -0.15) is 0 Å². The van der Waals surface area contributed by atoms with E-state index in [0.29, 0.717) is 6.04 Å². The van der Waals surface area contributed by atoms with Gasteiger partial charge in [-0.1, -0.05) is 30.7 Å². The summed E-state index contributed by atoms with van der Waals surface area (Å²) in [6.45, 7) is 2.62. The van der Waals surface area contributed by atoms with Crippen LogP contribution in [0.2, 0.25) is 0 Å². The number of aryl methyl sites for hydroxylation is 1. The van der Waals surface area contributed by atoms with Crippen LogP contribution in [0.15, 0.2) is 24.3 Å². The van der Waals surface area contributed by atoms with Gasteiger partial charge in [-0.25, -0.2) is 0 Å². The van der Waals surface area contributed by atoms with Crippen molar-refractivity contribution in [2.24, 2.45) is 17.6 Å². The van der Waals surface area contributed by atoms with Gasteiger partial charge in [0.15, 0.2) is 0 Å². The van der Waals surface area contributed by atoms with Crippen LogP contribution in [-0.2, 0) is 6.42 Å². The Morgan fingerprint density at radius 1 is 0.950 bits per heavy atom. The maximum absolute atomic E-state index is 6.68. The first-order chi connectivity index (χ1) is 9.83. The SMILES string of the molecule is NC1c2ccccc2CCCC1N1CC2CCCC2C1. The van der Waals surface area contributed by atoms with Gasteiger partial charge in [0, 0.05) is 25.2 Å². The largest absolute Gasteiger partial charge is 0.323 e. The third kappa shape index (κ3) is 2.10. The van der Waals surface area contributed by atoms with Crippen molar-refractivity contribution >= 4 is 0 Å². The topological polar surface area (TPSA) is 29.3 Å². The summed E-state index contributed by atoms with van der Waals surface area (Å²) in [6.07, 6.45) is 8.15. The Morgan fingerprint density at radius 2 is 1.70 bits per heavy atom. The second-order valence-corrected chi connectivity index (χ2v) is 7.09. The molecule has 1 saturated heterocycles. The number of nitrogens with zero attached hydrogens (tertiary/aromatic N) is 1. The average Bonchev–Trinajstić information content (AvgIpc) is 3.00. The van der Waals surface area contributed by atoms with Crippen molar-refractivity contribution in [3.8, 4) is 0 Å². The zero-order valence-corrected chi connectivity index (χ0v) is 12.3. The number of fused-ring (bicyclic) bond motifs is 2. The average molecular weight is 270 g/mol. The smallest absolute Gasteiger partial charge is 0.0455 e. The van der Waals surface area contributed by atoms with Crippen molar-refractivity contribution in [3.05, 3.63) is 35.4 Å². The molecule has 1 aliphatic heterocycles. The lowest BCUT2D eigenvalue weighted by atomic mass is 9.96. The van der Waals surface area contributed by atoms with E-state index in [9.17, 15) is 0 Å². The minimum absolute atomic E-state index is 0.215. The first kappa shape index (κ1) is 12.8. The van der Waals surface area contributed by atoms with E-state index in [2.05, 4.69) is 29.2 Å². The van der Waals surface area contributed by atoms with E-state index in [0.717, 1.165) is 11.8 Å². The van der Waals surface area contributed by atoms with Crippen LogP contribution in [0.1, 0.15) is 49.3 Å². The molecule has 4 unspecified atom stereocenters. The Hall–Kier alpha value is -0.860. The Bertz CT molecular complexity index is 472. The number of rotatable bonds is 1. The zero-order chi connectivity index (χ0) is 13.5. The first-order valence-corrected chi connectivity index (χ1v) is 8.40. The van der Waals surface area contributed by atoms with Gasteiger partial charge in [0.05, 0.1) is 0 Å². The van der Waals surface area contributed by atoms with Crippen LogP contribution < -0.4 is 5.73 Å². The normalized spacial score (nSPS) is 37.5. The number of hydrogen-bond donors (Lipinski definition) is 1. The van der Waals surface area contributed by atoms with Gasteiger partial charge in [0.25, 0.3) is 0 Å². The van der Waals surface area contributed by atoms with Crippen LogP contribution in [0.3, 0.4) is 0 Å². The van der Waals surface area contributed by atoms with E-state index in [4.69, 9.17) is 5.73 Å². The molecule has 0 amide bonds. The van der Waals surface area contributed by atoms with Crippen molar-refractivity contribution in [3.63, 3.8) is 0 Å². The summed E-state index contributed by atoms with van der Waals surface area (Å²) in [6, 6.07) is 9.63. The molecule has 0 radical (unpaired) electrons. The van der Waals surface area contributed by atoms with Gasteiger partial charge in [-0.3, -0.25) is 4.90 Å². The first-order valence-electron chi connectivity index (χ1n) is 8.40. The van der Waals surface area contributed by atoms with Crippen LogP contribution in [0.5, 0.6) is 0 Å². The van der Waals surface area contributed by atoms with E-state index in [1.165, 1.54) is 62.7 Å². The molecule has 20 heavy (non-hydrogen) atoms. The molecule has 2 N–H and O–H groups in total. The third-order valence-electron chi connectivity index (χ3n) is 6.00. The summed E-state index contributed by atoms with van der Waals surface area (Å²) in [4.78, 5) is 2.74. The van der Waals surface area contributed by atoms with E-state index >= 15 is 0 Å². The molecular formula is C18H26N2. The molecule has 4 atom stereocenters. The molecule has 2 aliphatic carbocycles. The predicted molar refractivity (Wildman–Crippen MR) is 82.5 cm³/mol. The molecule has 2 nitrogen and oxygen atoms in total. The highest BCUT2D eigenvalue weighted by Gasteiger charge is 2.40. The number of hydrogen-bond acceptors (Lipinski definition) is 2. The molecule has 1 saturated carbocycles. The summed E-state index contributed by atoms with van der Waals surface area (Å²) in [7, 11) is 0. The molecule has 0 aromatic heterocycles. The summed E-state index contributed by atoms with van der Waals surface area (Å²) >= 11 is 0. The number of benzene rings is 1.